The highest BCUT2D eigenvalue weighted by Crippen LogP contribution is 2.29. The molecule has 0 amide bonds. The maximum absolute atomic E-state index is 12.1. The Morgan fingerprint density at radius 1 is 1.10 bits per heavy atom. The molecule has 0 saturated carbocycles. The van der Waals surface area contributed by atoms with Crippen LogP contribution in [0.1, 0.15) is 0 Å². The van der Waals surface area contributed by atoms with E-state index in [-0.39, 0.29) is 21.3 Å². The van der Waals surface area contributed by atoms with Gasteiger partial charge < -0.3 is 0 Å². The standard InChI is InChI=1S/C12H9ClN2O4S/c13-9-6-7-12(15(16)17)11(8-9)14-20(18,19)10-4-2-1-3-5-10/h1-8,14H. The van der Waals surface area contributed by atoms with Gasteiger partial charge >= 0.3 is 0 Å². The summed E-state index contributed by atoms with van der Waals surface area (Å²) < 4.78 is 26.4. The molecule has 0 bridgehead atoms. The van der Waals surface area contributed by atoms with Crippen molar-refractivity contribution in [2.75, 3.05) is 4.72 Å². The van der Waals surface area contributed by atoms with Gasteiger partial charge in [-0.05, 0) is 24.3 Å². The van der Waals surface area contributed by atoms with E-state index in [1.54, 1.807) is 18.2 Å². The molecule has 0 unspecified atom stereocenters. The summed E-state index contributed by atoms with van der Waals surface area (Å²) in [7, 11) is -3.90. The van der Waals surface area contributed by atoms with E-state index in [1.165, 1.54) is 24.3 Å². The molecule has 20 heavy (non-hydrogen) atoms. The van der Waals surface area contributed by atoms with Crippen molar-refractivity contribution in [3.8, 4) is 0 Å². The number of benzene rings is 2. The first-order chi connectivity index (χ1) is 9.40. The van der Waals surface area contributed by atoms with Crippen molar-refractivity contribution in [1.82, 2.24) is 0 Å². The van der Waals surface area contributed by atoms with E-state index in [0.717, 1.165) is 6.07 Å². The number of sulfonamides is 1. The Balaban J connectivity index is 2.44. The number of hydrogen-bond donors (Lipinski definition) is 1. The van der Waals surface area contributed by atoms with Crippen LogP contribution in [0, 0.1) is 10.1 Å². The fourth-order valence-electron chi connectivity index (χ4n) is 1.55. The van der Waals surface area contributed by atoms with Gasteiger partial charge in [0, 0.05) is 11.1 Å². The van der Waals surface area contributed by atoms with Crippen molar-refractivity contribution in [2.24, 2.45) is 0 Å². The third kappa shape index (κ3) is 3.06. The van der Waals surface area contributed by atoms with Gasteiger partial charge in [0.1, 0.15) is 5.69 Å². The minimum atomic E-state index is -3.90. The highest BCUT2D eigenvalue weighted by atomic mass is 35.5. The first-order valence-corrected chi connectivity index (χ1v) is 7.28. The Labute approximate surface area is 120 Å². The second-order valence-electron chi connectivity index (χ2n) is 3.84. The zero-order chi connectivity index (χ0) is 14.8. The van der Waals surface area contributed by atoms with Gasteiger partial charge in [-0.25, -0.2) is 8.42 Å². The van der Waals surface area contributed by atoms with Crippen molar-refractivity contribution in [2.45, 2.75) is 4.90 Å². The van der Waals surface area contributed by atoms with Crippen molar-refractivity contribution >= 4 is 33.0 Å². The quantitative estimate of drug-likeness (QED) is 0.694. The third-order valence-electron chi connectivity index (χ3n) is 2.45. The lowest BCUT2D eigenvalue weighted by Crippen LogP contribution is -2.13. The number of anilines is 1. The lowest BCUT2D eigenvalue weighted by atomic mass is 10.3. The summed E-state index contributed by atoms with van der Waals surface area (Å²) in [6, 6.07) is 11.2. The zero-order valence-corrected chi connectivity index (χ0v) is 11.6. The molecule has 0 aliphatic carbocycles. The maximum atomic E-state index is 12.1. The van der Waals surface area contributed by atoms with E-state index in [4.69, 9.17) is 11.6 Å². The maximum Gasteiger partial charge on any atom is 0.293 e. The van der Waals surface area contributed by atoms with Crippen molar-refractivity contribution in [3.63, 3.8) is 0 Å². The molecule has 6 nitrogen and oxygen atoms in total. The van der Waals surface area contributed by atoms with Gasteiger partial charge in [0.15, 0.2) is 0 Å². The fourth-order valence-corrected chi connectivity index (χ4v) is 2.81. The summed E-state index contributed by atoms with van der Waals surface area (Å²) in [5, 5.41) is 11.1. The second-order valence-corrected chi connectivity index (χ2v) is 5.96. The molecule has 2 aromatic carbocycles. The summed E-state index contributed by atoms with van der Waals surface area (Å²) in [4.78, 5) is 10.2. The van der Waals surface area contributed by atoms with Crippen LogP contribution in [0.5, 0.6) is 0 Å². The molecule has 0 heterocycles. The predicted molar refractivity (Wildman–Crippen MR) is 75.4 cm³/mol. The van der Waals surface area contributed by atoms with E-state index < -0.39 is 14.9 Å². The fraction of sp³-hybridized carbons (Fsp3) is 0. The Bertz CT molecular complexity index is 747. The molecule has 0 fully saturated rings. The van der Waals surface area contributed by atoms with Crippen LogP contribution in [0.15, 0.2) is 53.4 Å². The summed E-state index contributed by atoms with van der Waals surface area (Å²) in [6.07, 6.45) is 0. The van der Waals surface area contributed by atoms with Crippen LogP contribution in [0.2, 0.25) is 5.02 Å². The van der Waals surface area contributed by atoms with Gasteiger partial charge in [0.05, 0.1) is 9.82 Å². The summed E-state index contributed by atoms with van der Waals surface area (Å²) in [5.41, 5.74) is -0.541. The lowest BCUT2D eigenvalue weighted by molar-refractivity contribution is -0.383. The largest absolute Gasteiger partial charge is 0.293 e. The van der Waals surface area contributed by atoms with Crippen molar-refractivity contribution in [3.05, 3.63) is 63.7 Å². The minimum Gasteiger partial charge on any atom is -0.273 e. The number of halogens is 1. The number of hydrogen-bond acceptors (Lipinski definition) is 4. The third-order valence-corrected chi connectivity index (χ3v) is 4.07. The van der Waals surface area contributed by atoms with E-state index >= 15 is 0 Å². The SMILES string of the molecule is O=[N+]([O-])c1ccc(Cl)cc1NS(=O)(=O)c1ccccc1. The van der Waals surface area contributed by atoms with Crippen molar-refractivity contribution in [1.29, 1.82) is 0 Å². The van der Waals surface area contributed by atoms with Crippen LogP contribution in [0.3, 0.4) is 0 Å². The smallest absolute Gasteiger partial charge is 0.273 e. The first kappa shape index (κ1) is 14.3. The molecule has 2 rings (SSSR count). The highest BCUT2D eigenvalue weighted by Gasteiger charge is 2.20. The summed E-state index contributed by atoms with van der Waals surface area (Å²) in [6.45, 7) is 0. The van der Waals surface area contributed by atoms with Gasteiger partial charge in [-0.15, -0.1) is 0 Å². The second kappa shape index (κ2) is 5.48. The molecular weight excluding hydrogens is 304 g/mol. The zero-order valence-electron chi connectivity index (χ0n) is 9.99. The number of nitro benzene ring substituents is 1. The van der Waals surface area contributed by atoms with E-state index in [0.29, 0.717) is 0 Å². The molecule has 0 aliphatic rings. The Morgan fingerprint density at radius 3 is 2.35 bits per heavy atom. The van der Waals surface area contributed by atoms with Gasteiger partial charge in [0.25, 0.3) is 15.7 Å². The van der Waals surface area contributed by atoms with Gasteiger partial charge in [-0.1, -0.05) is 29.8 Å². The Kier molecular flexibility index (Phi) is 3.91. The van der Waals surface area contributed by atoms with Crippen LogP contribution in [0.25, 0.3) is 0 Å². The van der Waals surface area contributed by atoms with Crippen molar-refractivity contribution < 1.29 is 13.3 Å². The number of nitrogens with one attached hydrogen (secondary N) is 1. The molecule has 2 aromatic rings. The monoisotopic (exact) mass is 312 g/mol. The van der Waals surface area contributed by atoms with Gasteiger partial charge in [-0.2, -0.15) is 0 Å². The Morgan fingerprint density at radius 2 is 1.75 bits per heavy atom. The summed E-state index contributed by atoms with van der Waals surface area (Å²) >= 11 is 5.74. The predicted octanol–water partition coefficient (Wildman–Crippen LogP) is 3.05. The average Bonchev–Trinajstić information content (AvgIpc) is 2.39. The van der Waals surface area contributed by atoms with Gasteiger partial charge in [0.2, 0.25) is 0 Å². The van der Waals surface area contributed by atoms with Crippen LogP contribution >= 0.6 is 11.6 Å². The topological polar surface area (TPSA) is 89.3 Å². The van der Waals surface area contributed by atoms with E-state index in [9.17, 15) is 18.5 Å². The molecule has 0 aromatic heterocycles. The number of nitro groups is 1. The van der Waals surface area contributed by atoms with E-state index in [1.807, 2.05) is 0 Å². The molecule has 1 N–H and O–H groups in total. The molecule has 0 aliphatic heterocycles. The Hall–Kier alpha value is -2.12. The molecule has 104 valence electrons. The highest BCUT2D eigenvalue weighted by molar-refractivity contribution is 7.92. The summed E-state index contributed by atoms with van der Waals surface area (Å²) in [5.74, 6) is 0. The lowest BCUT2D eigenvalue weighted by Gasteiger charge is -2.08. The average molecular weight is 313 g/mol. The molecule has 0 saturated heterocycles. The van der Waals surface area contributed by atoms with Gasteiger partial charge in [-0.3, -0.25) is 14.8 Å². The first-order valence-electron chi connectivity index (χ1n) is 5.42. The molecule has 8 heteroatoms. The molecule has 0 spiro atoms. The minimum absolute atomic E-state index is 0.00859. The van der Waals surface area contributed by atoms with E-state index in [2.05, 4.69) is 4.72 Å². The van der Waals surface area contributed by atoms with Crippen LogP contribution in [-0.4, -0.2) is 13.3 Å². The number of nitrogens with zero attached hydrogens (tertiary/aromatic N) is 1. The number of rotatable bonds is 4. The van der Waals surface area contributed by atoms with Crippen LogP contribution in [-0.2, 0) is 10.0 Å². The molecular formula is C12H9ClN2O4S. The molecule has 0 radical (unpaired) electrons. The van der Waals surface area contributed by atoms with Crippen LogP contribution in [0.4, 0.5) is 11.4 Å². The normalized spacial score (nSPS) is 11.1. The van der Waals surface area contributed by atoms with Crippen LogP contribution < -0.4 is 4.72 Å². The molecule has 0 atom stereocenters.